The van der Waals surface area contributed by atoms with Crippen molar-refractivity contribution in [3.63, 3.8) is 0 Å². The van der Waals surface area contributed by atoms with Crippen molar-refractivity contribution in [2.75, 3.05) is 0 Å². The molecule has 0 amide bonds. The first-order valence-corrected chi connectivity index (χ1v) is 5.48. The molecule has 2 aromatic rings. The van der Waals surface area contributed by atoms with Gasteiger partial charge in [-0.2, -0.15) is 0 Å². The number of aromatic nitrogens is 1. The van der Waals surface area contributed by atoms with Crippen molar-refractivity contribution in [3.05, 3.63) is 51.3 Å². The van der Waals surface area contributed by atoms with Gasteiger partial charge < -0.3 is 0 Å². The van der Waals surface area contributed by atoms with Crippen LogP contribution in [0, 0.1) is 5.82 Å². The first-order chi connectivity index (χ1) is 7.58. The Bertz CT molecular complexity index is 543. The lowest BCUT2D eigenvalue weighted by Gasteiger charge is -2.06. The smallest absolute Gasteiger partial charge is 0.143 e. The van der Waals surface area contributed by atoms with E-state index in [1.165, 1.54) is 6.07 Å². The molecule has 0 saturated heterocycles. The van der Waals surface area contributed by atoms with Crippen LogP contribution in [-0.2, 0) is 0 Å². The summed E-state index contributed by atoms with van der Waals surface area (Å²) in [5.41, 5.74) is 0.995. The van der Waals surface area contributed by atoms with Crippen LogP contribution in [0.4, 0.5) is 4.39 Å². The molecule has 2 rings (SSSR count). The van der Waals surface area contributed by atoms with Crippen molar-refractivity contribution < 1.29 is 4.39 Å². The summed E-state index contributed by atoms with van der Waals surface area (Å²) in [6.45, 7) is 0. The molecule has 1 heterocycles. The maximum atomic E-state index is 12.8. The van der Waals surface area contributed by atoms with Crippen molar-refractivity contribution in [2.45, 2.75) is 0 Å². The van der Waals surface area contributed by atoms with E-state index in [2.05, 4.69) is 4.98 Å². The molecule has 0 aliphatic rings. The first-order valence-electron chi connectivity index (χ1n) is 4.34. The molecule has 0 bridgehead atoms. The second kappa shape index (κ2) is 4.58. The lowest BCUT2D eigenvalue weighted by atomic mass is 10.1. The van der Waals surface area contributed by atoms with E-state index < -0.39 is 5.82 Å². The van der Waals surface area contributed by atoms with Crippen LogP contribution in [0.2, 0.25) is 15.1 Å². The van der Waals surface area contributed by atoms with Crippen molar-refractivity contribution in [2.24, 2.45) is 0 Å². The molecule has 5 heteroatoms. The number of benzene rings is 1. The highest BCUT2D eigenvalue weighted by molar-refractivity contribution is 6.37. The third kappa shape index (κ3) is 2.29. The monoisotopic (exact) mass is 275 g/mol. The second-order valence-electron chi connectivity index (χ2n) is 3.11. The molecule has 0 aliphatic heterocycles. The average molecular weight is 277 g/mol. The van der Waals surface area contributed by atoms with Crippen molar-refractivity contribution >= 4 is 34.8 Å². The zero-order valence-corrected chi connectivity index (χ0v) is 10.1. The van der Waals surface area contributed by atoms with Crippen LogP contribution in [0.5, 0.6) is 0 Å². The van der Waals surface area contributed by atoms with Gasteiger partial charge in [-0.25, -0.2) is 4.39 Å². The van der Waals surface area contributed by atoms with Crippen LogP contribution in [0.25, 0.3) is 11.3 Å². The van der Waals surface area contributed by atoms with E-state index in [1.807, 2.05) is 0 Å². The molecular weight excluding hydrogens is 271 g/mol. The Kier molecular flexibility index (Phi) is 3.33. The van der Waals surface area contributed by atoms with Crippen molar-refractivity contribution in [1.29, 1.82) is 0 Å². The van der Waals surface area contributed by atoms with Gasteiger partial charge in [-0.05, 0) is 24.3 Å². The number of rotatable bonds is 1. The van der Waals surface area contributed by atoms with Crippen LogP contribution in [-0.4, -0.2) is 4.98 Å². The molecule has 0 fully saturated rings. The Morgan fingerprint density at radius 3 is 2.44 bits per heavy atom. The summed E-state index contributed by atoms with van der Waals surface area (Å²) in [5.74, 6) is -0.494. The highest BCUT2D eigenvalue weighted by atomic mass is 35.5. The molecule has 16 heavy (non-hydrogen) atoms. The van der Waals surface area contributed by atoms with Gasteiger partial charge in [0.15, 0.2) is 0 Å². The molecule has 1 nitrogen and oxygen atoms in total. The number of hydrogen-bond donors (Lipinski definition) is 0. The summed E-state index contributed by atoms with van der Waals surface area (Å²) in [4.78, 5) is 3.90. The molecule has 0 N–H and O–H groups in total. The Morgan fingerprint density at radius 2 is 1.75 bits per heavy atom. The minimum absolute atomic E-state index is 0.198. The summed E-state index contributed by atoms with van der Waals surface area (Å²) in [6, 6.07) is 6.11. The average Bonchev–Trinajstić information content (AvgIpc) is 2.22. The largest absolute Gasteiger partial charge is 0.252 e. The zero-order valence-electron chi connectivity index (χ0n) is 7.85. The highest BCUT2D eigenvalue weighted by Crippen LogP contribution is 2.33. The number of hydrogen-bond acceptors (Lipinski definition) is 1. The van der Waals surface area contributed by atoms with Crippen LogP contribution in [0.1, 0.15) is 0 Å². The van der Waals surface area contributed by atoms with Crippen LogP contribution in [0.3, 0.4) is 0 Å². The maximum Gasteiger partial charge on any atom is 0.143 e. The molecule has 0 unspecified atom stereocenters. The normalized spacial score (nSPS) is 10.5. The van der Waals surface area contributed by atoms with E-state index in [-0.39, 0.29) is 5.02 Å². The number of nitrogens with zero attached hydrogens (tertiary/aromatic N) is 1. The SMILES string of the molecule is Fc1cnc(-c2cc(Cl)ccc2Cl)c(Cl)c1. The molecule has 0 atom stereocenters. The van der Waals surface area contributed by atoms with Gasteiger partial charge in [0.2, 0.25) is 0 Å². The fourth-order valence-electron chi connectivity index (χ4n) is 1.29. The van der Waals surface area contributed by atoms with E-state index >= 15 is 0 Å². The van der Waals surface area contributed by atoms with Crippen molar-refractivity contribution in [1.82, 2.24) is 4.98 Å². The second-order valence-corrected chi connectivity index (χ2v) is 4.36. The number of pyridine rings is 1. The molecule has 0 saturated carbocycles. The third-order valence-corrected chi connectivity index (χ3v) is 2.84. The summed E-state index contributed by atoms with van der Waals surface area (Å²) in [5, 5.41) is 1.18. The van der Waals surface area contributed by atoms with Gasteiger partial charge >= 0.3 is 0 Å². The van der Waals surface area contributed by atoms with E-state index in [1.54, 1.807) is 18.2 Å². The van der Waals surface area contributed by atoms with Gasteiger partial charge in [-0.3, -0.25) is 4.98 Å². The summed E-state index contributed by atoms with van der Waals surface area (Å²) >= 11 is 17.7. The van der Waals surface area contributed by atoms with Crippen LogP contribution >= 0.6 is 34.8 Å². The quantitative estimate of drug-likeness (QED) is 0.725. The van der Waals surface area contributed by atoms with E-state index in [4.69, 9.17) is 34.8 Å². The molecule has 0 radical (unpaired) electrons. The van der Waals surface area contributed by atoms with E-state index in [0.29, 0.717) is 21.3 Å². The molecule has 82 valence electrons. The van der Waals surface area contributed by atoms with Gasteiger partial charge in [0.25, 0.3) is 0 Å². The lowest BCUT2D eigenvalue weighted by Crippen LogP contribution is -1.88. The highest BCUT2D eigenvalue weighted by Gasteiger charge is 2.10. The fourth-order valence-corrected chi connectivity index (χ4v) is 1.93. The summed E-state index contributed by atoms with van der Waals surface area (Å²) in [6.07, 6.45) is 1.08. The summed E-state index contributed by atoms with van der Waals surface area (Å²) in [7, 11) is 0. The fraction of sp³-hybridized carbons (Fsp3) is 0. The van der Waals surface area contributed by atoms with Crippen LogP contribution in [0.15, 0.2) is 30.5 Å². The summed E-state index contributed by atoms with van der Waals surface area (Å²) < 4.78 is 12.8. The molecule has 0 aliphatic carbocycles. The minimum atomic E-state index is -0.494. The Labute approximate surface area is 107 Å². The van der Waals surface area contributed by atoms with Gasteiger partial charge in [0.1, 0.15) is 5.82 Å². The molecule has 1 aromatic heterocycles. The van der Waals surface area contributed by atoms with Crippen LogP contribution < -0.4 is 0 Å². The van der Waals surface area contributed by atoms with Gasteiger partial charge in [-0.1, -0.05) is 34.8 Å². The third-order valence-electron chi connectivity index (χ3n) is 1.99. The Hall–Kier alpha value is -0.830. The maximum absolute atomic E-state index is 12.8. The number of halogens is 4. The lowest BCUT2D eigenvalue weighted by molar-refractivity contribution is 0.622. The van der Waals surface area contributed by atoms with Gasteiger partial charge in [-0.15, -0.1) is 0 Å². The zero-order chi connectivity index (χ0) is 11.7. The Morgan fingerprint density at radius 1 is 1.00 bits per heavy atom. The van der Waals surface area contributed by atoms with Gasteiger partial charge in [0, 0.05) is 10.6 Å². The van der Waals surface area contributed by atoms with E-state index in [0.717, 1.165) is 6.20 Å². The standard InChI is InChI=1S/C11H5Cl3FN/c12-6-1-2-9(13)8(3-6)11-10(14)4-7(15)5-16-11/h1-5H. The van der Waals surface area contributed by atoms with Gasteiger partial charge in [0.05, 0.1) is 21.9 Å². The first kappa shape index (κ1) is 11.6. The molecular formula is C11H5Cl3FN. The molecule has 0 spiro atoms. The minimum Gasteiger partial charge on any atom is -0.252 e. The van der Waals surface area contributed by atoms with E-state index in [9.17, 15) is 4.39 Å². The van der Waals surface area contributed by atoms with Crippen molar-refractivity contribution in [3.8, 4) is 11.3 Å². The predicted octanol–water partition coefficient (Wildman–Crippen LogP) is 4.85. The predicted molar refractivity (Wildman–Crippen MR) is 64.7 cm³/mol. The molecule has 1 aromatic carbocycles. The topological polar surface area (TPSA) is 12.9 Å². The Balaban J connectivity index is 2.62.